The van der Waals surface area contributed by atoms with E-state index in [-0.39, 0.29) is 87.2 Å². The Hall–Kier alpha value is -10.6. The molecule has 630 valence electrons. The van der Waals surface area contributed by atoms with Crippen molar-refractivity contribution >= 4 is 82.1 Å². The summed E-state index contributed by atoms with van der Waals surface area (Å²) in [5.74, 6) is -14.5. The zero-order valence-electron chi connectivity index (χ0n) is 64.4. The van der Waals surface area contributed by atoms with E-state index in [0.29, 0.717) is 17.4 Å². The molecule has 13 rings (SSSR count). The van der Waals surface area contributed by atoms with Gasteiger partial charge in [0.15, 0.2) is 23.8 Å². The average molecular weight is 1690 g/mol. The molecule has 1 saturated carbocycles. The number of phenols is 3. The predicted octanol–water partition coefficient (Wildman–Crippen LogP) is 5.17. The molecule has 2 fully saturated rings. The van der Waals surface area contributed by atoms with E-state index in [4.69, 9.17) is 69.0 Å². The van der Waals surface area contributed by atoms with Gasteiger partial charge in [0.25, 0.3) is 0 Å². The number of carboxylic acid groups (broad SMARTS) is 1. The number of aliphatic hydroxyl groups is 6. The van der Waals surface area contributed by atoms with Gasteiger partial charge in [-0.3, -0.25) is 33.6 Å². The molecule has 5 heterocycles. The van der Waals surface area contributed by atoms with Crippen LogP contribution in [0.3, 0.4) is 0 Å². The van der Waals surface area contributed by atoms with Crippen molar-refractivity contribution in [1.82, 2.24) is 42.5 Å². The fourth-order valence-corrected chi connectivity index (χ4v) is 15.1. The van der Waals surface area contributed by atoms with Crippen LogP contribution in [0.15, 0.2) is 133 Å². The van der Waals surface area contributed by atoms with Crippen LogP contribution in [-0.4, -0.2) is 191 Å². The molecular formula is C82H92Cl3N9O24. The highest BCUT2D eigenvalue weighted by atomic mass is 35.5. The number of halogens is 3. The number of aliphatic carboxylic acids is 1. The van der Waals surface area contributed by atoms with Gasteiger partial charge in [-0.25, -0.2) is 4.79 Å². The lowest BCUT2D eigenvalue weighted by Crippen LogP contribution is -2.64. The first-order chi connectivity index (χ1) is 56.0. The lowest BCUT2D eigenvalue weighted by molar-refractivity contribution is -0.289. The second kappa shape index (κ2) is 38.0. The number of fused-ring (bicyclic) bond motifs is 6. The molecule has 36 heteroatoms. The lowest BCUT2D eigenvalue weighted by Gasteiger charge is -2.48. The molecule has 20 N–H and O–H groups in total. The number of hydrogen-bond acceptors (Lipinski definition) is 25. The number of ether oxygens (including phenoxy) is 6. The number of aromatic hydroxyl groups is 3. The Bertz CT molecular complexity index is 4880. The molecular weight excluding hydrogens is 1600 g/mol. The number of nitrogens with two attached hydrogens (primary N) is 1. The lowest BCUT2D eigenvalue weighted by atomic mass is 9.80. The normalized spacial score (nSPS) is 26.7. The summed E-state index contributed by atoms with van der Waals surface area (Å²) >= 11 is 20.3. The predicted molar refractivity (Wildman–Crippen MR) is 424 cm³/mol. The molecule has 1 saturated heterocycles. The maximum Gasteiger partial charge on any atom is 0.330 e. The van der Waals surface area contributed by atoms with E-state index >= 15 is 4.79 Å². The monoisotopic (exact) mass is 1690 g/mol. The molecule has 0 aromatic heterocycles. The van der Waals surface area contributed by atoms with Gasteiger partial charge in [0, 0.05) is 58.8 Å². The number of amides is 7. The van der Waals surface area contributed by atoms with Gasteiger partial charge in [-0.1, -0.05) is 97.2 Å². The number of phenolic OH excluding ortho intramolecular Hbond substituents is 3. The van der Waals surface area contributed by atoms with Crippen LogP contribution in [0, 0.1) is 11.8 Å². The SMILES string of the molecule is CN[C@H](CC(C)C)C(=O)N[C@H]1C(=O)N[C@@H](CC(N)=O)C(=O)N[C@H](C)C(=O)NC2C(=O)N[C@H](C(=O)N[C@@H](C(=O)O)c3cc(O)cc(O)c3-c3cc2ccc3O)[C@H](O)c2ccc(c(Cl)c2)Oc2cccc(c2OC2CC(CO)C(O)C(O)C2OC2CC(C)(NCc3ccc(OCc4ccc(Cl)cc4)cc3)C(O)C(C)O2)Oc2ccc(cc2Cl)[C@H]1O. The minimum atomic E-state index is -2.30. The van der Waals surface area contributed by atoms with Crippen LogP contribution < -0.4 is 67.2 Å². The number of aliphatic hydroxyl groups excluding tert-OH is 6. The molecule has 10 unspecified atom stereocenters. The van der Waals surface area contributed by atoms with Crippen LogP contribution in [0.5, 0.6) is 51.7 Å². The molecule has 118 heavy (non-hydrogen) atoms. The van der Waals surface area contributed by atoms with Crippen LogP contribution >= 0.6 is 34.8 Å². The molecule has 1 aliphatic carbocycles. The van der Waals surface area contributed by atoms with Gasteiger partial charge in [0.1, 0.15) is 102 Å². The van der Waals surface area contributed by atoms with Gasteiger partial charge in [0.05, 0.1) is 40.8 Å². The Labute approximate surface area is 691 Å². The Balaban J connectivity index is 0.998. The molecule has 7 aromatic rings. The third kappa shape index (κ3) is 20.5. The second-order valence-corrected chi connectivity index (χ2v) is 31.3. The maximum atomic E-state index is 15.2. The van der Waals surface area contributed by atoms with Crippen molar-refractivity contribution in [1.29, 1.82) is 0 Å². The Morgan fingerprint density at radius 1 is 0.686 bits per heavy atom. The summed E-state index contributed by atoms with van der Waals surface area (Å²) in [4.78, 5) is 115. The topological polar surface area (TPSA) is 517 Å². The standard InChI is InChI=1S/C82H92Cl3N9O24/c1-36(2)24-52(87-6)76(106)93-66-68(100)42-15-22-56(50(84)26-42)115-58-8-7-9-59(72(58)117-60-28-44(34-95)70(102)71(103)73(60)118-62-32-82(5,74(104)38(4)114-62)88-33-39-12-19-47(20-13-39)113-35-40-10-17-45(83)18-11-40)116-57-23-16-43(27-51(57)85)69(101)67-80(110)92-65(81(111)112)49-29-46(96)30-55(98)63(49)48-25-41(14-21-54(48)97)64(78(108)94-67)91-75(105)37(3)89-77(107)53(31-61(86)99)90-79(66)109/h7-23,25-27,29-30,36-38,44,52-53,60,62,64-71,73-74,87-88,95-98,100-104H,24,28,31-35H2,1-6H3,(H2,86,99)(H,89,107)(H,90,109)(H,91,105)(H,92,110)(H,93,106)(H,94,108)(H,111,112)/t37-,38?,44?,52-,53+,60?,62?,64?,65-,66-,67+,68-,69-,70?,71?,73?,74?,82?/m1/s1. The summed E-state index contributed by atoms with van der Waals surface area (Å²) in [5, 5.41) is 137. The highest BCUT2D eigenvalue weighted by Gasteiger charge is 2.51. The molecule has 10 bridgehead atoms. The fourth-order valence-electron chi connectivity index (χ4n) is 14.5. The van der Waals surface area contributed by atoms with E-state index in [1.807, 2.05) is 38.1 Å². The van der Waals surface area contributed by atoms with Crippen molar-refractivity contribution < 1.29 is 118 Å². The summed E-state index contributed by atoms with van der Waals surface area (Å²) in [5.41, 5.74) is 4.02. The molecule has 0 spiro atoms. The first-order valence-corrected chi connectivity index (χ1v) is 38.8. The number of primary amides is 1. The smallest absolute Gasteiger partial charge is 0.330 e. The number of hydrogen-bond donors (Lipinski definition) is 19. The highest BCUT2D eigenvalue weighted by molar-refractivity contribution is 6.32. The molecule has 33 nitrogen and oxygen atoms in total. The zero-order chi connectivity index (χ0) is 85.5. The van der Waals surface area contributed by atoms with Crippen molar-refractivity contribution in [3.05, 3.63) is 182 Å². The number of rotatable bonds is 19. The number of benzene rings is 7. The van der Waals surface area contributed by atoms with E-state index in [1.165, 1.54) is 55.6 Å². The first-order valence-electron chi connectivity index (χ1n) is 37.7. The molecule has 5 aliphatic heterocycles. The Morgan fingerprint density at radius 2 is 1.32 bits per heavy atom. The first kappa shape index (κ1) is 88.2. The van der Waals surface area contributed by atoms with E-state index < -0.39 is 203 Å². The van der Waals surface area contributed by atoms with Gasteiger partial charge in [-0.15, -0.1) is 0 Å². The highest BCUT2D eigenvalue weighted by Crippen LogP contribution is 2.49. The summed E-state index contributed by atoms with van der Waals surface area (Å²) in [6.45, 7) is 7.98. The number of carbonyl (C=O) groups is 8. The quantitative estimate of drug-likeness (QED) is 0.0496. The van der Waals surface area contributed by atoms with Crippen molar-refractivity contribution in [2.24, 2.45) is 17.6 Å². The van der Waals surface area contributed by atoms with Gasteiger partial charge in [-0.2, -0.15) is 0 Å². The Kier molecular flexibility index (Phi) is 28.4. The molecule has 7 aromatic carbocycles. The van der Waals surface area contributed by atoms with Crippen molar-refractivity contribution in [2.75, 3.05) is 13.7 Å². The van der Waals surface area contributed by atoms with Crippen molar-refractivity contribution in [3.63, 3.8) is 0 Å². The van der Waals surface area contributed by atoms with Crippen LogP contribution in [0.4, 0.5) is 0 Å². The number of likely N-dealkylation sites (N-methyl/N-ethyl adjacent to an activating group) is 1. The summed E-state index contributed by atoms with van der Waals surface area (Å²) < 4.78 is 39.1. The van der Waals surface area contributed by atoms with Crippen molar-refractivity contribution in [3.8, 4) is 62.9 Å². The minimum Gasteiger partial charge on any atom is -0.508 e. The number of carbonyl (C=O) groups excluding carboxylic acids is 7. The fraction of sp³-hybridized carbons (Fsp3) is 0.390. The summed E-state index contributed by atoms with van der Waals surface area (Å²) in [6.07, 6.45) is -15.2. The van der Waals surface area contributed by atoms with E-state index in [0.717, 1.165) is 54.4 Å². The largest absolute Gasteiger partial charge is 0.508 e. The number of nitrogens with one attached hydrogen (secondary N) is 8. The van der Waals surface area contributed by atoms with Crippen LogP contribution in [0.25, 0.3) is 11.1 Å². The van der Waals surface area contributed by atoms with Crippen molar-refractivity contribution in [2.45, 2.75) is 176 Å². The van der Waals surface area contributed by atoms with Crippen LogP contribution in [0.2, 0.25) is 15.1 Å². The average Bonchev–Trinajstić information content (AvgIpc) is 0.769. The third-order valence-electron chi connectivity index (χ3n) is 21.0. The van der Waals surface area contributed by atoms with Gasteiger partial charge in [0.2, 0.25) is 47.1 Å². The van der Waals surface area contributed by atoms with Crippen LogP contribution in [-0.2, 0) is 61.0 Å². The maximum absolute atomic E-state index is 15.2. The van der Waals surface area contributed by atoms with Gasteiger partial charge >= 0.3 is 5.97 Å². The van der Waals surface area contributed by atoms with Gasteiger partial charge in [-0.05, 0) is 153 Å². The second-order valence-electron chi connectivity index (χ2n) is 30.1. The summed E-state index contributed by atoms with van der Waals surface area (Å²) in [7, 11) is 1.48. The van der Waals surface area contributed by atoms with Gasteiger partial charge < -0.3 is 128 Å². The van der Waals surface area contributed by atoms with E-state index in [1.54, 1.807) is 38.1 Å². The number of para-hydroxylation sites is 1. The van der Waals surface area contributed by atoms with E-state index in [2.05, 4.69) is 42.5 Å². The molecule has 6 aliphatic rings. The zero-order valence-corrected chi connectivity index (χ0v) is 66.7. The third-order valence-corrected chi connectivity index (χ3v) is 21.8. The Morgan fingerprint density at radius 3 is 1.93 bits per heavy atom. The number of carboxylic acids is 1. The molecule has 0 radical (unpaired) electrons. The molecule has 18 atom stereocenters. The van der Waals surface area contributed by atoms with E-state index in [9.17, 15) is 84.6 Å². The molecule has 7 amide bonds. The minimum absolute atomic E-state index is 0.0688. The summed E-state index contributed by atoms with van der Waals surface area (Å²) in [6, 6.07) is 17.4. The van der Waals surface area contributed by atoms with Crippen LogP contribution in [0.1, 0.15) is 118 Å².